The molecule has 1 aliphatic rings. The second-order valence-electron chi connectivity index (χ2n) is 8.36. The fraction of sp³-hybridized carbons (Fsp3) is 0.542. The van der Waals surface area contributed by atoms with E-state index in [0.717, 1.165) is 56.9 Å². The third-order valence-electron chi connectivity index (χ3n) is 5.65. The Bertz CT molecular complexity index is 782. The maximum atomic E-state index is 10.4. The summed E-state index contributed by atoms with van der Waals surface area (Å²) < 4.78 is 11.4. The number of β-amino-alcohol motifs (C(OH)–C–C–N with tert-alkyl or cyclic N) is 1. The van der Waals surface area contributed by atoms with E-state index in [9.17, 15) is 5.11 Å². The predicted octanol–water partition coefficient (Wildman–Crippen LogP) is 1.75. The van der Waals surface area contributed by atoms with Gasteiger partial charge < -0.3 is 24.4 Å². The molecule has 0 radical (unpaired) electrons. The lowest BCUT2D eigenvalue weighted by Crippen LogP contribution is -2.47. The van der Waals surface area contributed by atoms with Crippen molar-refractivity contribution in [2.24, 2.45) is 0 Å². The van der Waals surface area contributed by atoms with Gasteiger partial charge in [-0.15, -0.1) is 0 Å². The number of rotatable bonds is 11. The molecule has 1 N–H and O–H groups in total. The number of nitrogens with zero attached hydrogens (tertiary/aromatic N) is 4. The zero-order valence-electron chi connectivity index (χ0n) is 19.0. The van der Waals surface area contributed by atoms with E-state index in [0.29, 0.717) is 18.0 Å². The van der Waals surface area contributed by atoms with E-state index in [1.807, 2.05) is 30.5 Å². The van der Waals surface area contributed by atoms with E-state index < -0.39 is 6.10 Å². The van der Waals surface area contributed by atoms with Gasteiger partial charge in [0, 0.05) is 64.1 Å². The van der Waals surface area contributed by atoms with Gasteiger partial charge in [-0.3, -0.25) is 9.88 Å². The van der Waals surface area contributed by atoms with Crippen molar-refractivity contribution < 1.29 is 14.6 Å². The zero-order chi connectivity index (χ0) is 22.1. The van der Waals surface area contributed by atoms with E-state index in [1.54, 1.807) is 7.11 Å². The fourth-order valence-electron chi connectivity index (χ4n) is 3.74. The molecule has 1 aromatic heterocycles. The Hall–Kier alpha value is -2.19. The van der Waals surface area contributed by atoms with Gasteiger partial charge in [0.05, 0.1) is 7.11 Å². The summed E-state index contributed by atoms with van der Waals surface area (Å²) in [5.74, 6) is 1.36. The molecule has 31 heavy (non-hydrogen) atoms. The smallest absolute Gasteiger partial charge is 0.161 e. The number of methoxy groups -OCH3 is 1. The molecule has 2 heterocycles. The van der Waals surface area contributed by atoms with Crippen molar-refractivity contribution in [1.82, 2.24) is 19.7 Å². The minimum atomic E-state index is -0.530. The number of hydrogen-bond donors (Lipinski definition) is 1. The first-order valence-corrected chi connectivity index (χ1v) is 11.0. The quantitative estimate of drug-likeness (QED) is 0.585. The summed E-state index contributed by atoms with van der Waals surface area (Å²) in [6.45, 7) is 6.65. The Morgan fingerprint density at radius 3 is 2.65 bits per heavy atom. The zero-order valence-corrected chi connectivity index (χ0v) is 19.0. The van der Waals surface area contributed by atoms with Crippen LogP contribution in [-0.4, -0.2) is 98.0 Å². The minimum Gasteiger partial charge on any atom is -0.493 e. The molecule has 0 spiro atoms. The van der Waals surface area contributed by atoms with Crippen LogP contribution in [0.5, 0.6) is 11.5 Å². The molecular weight excluding hydrogens is 392 g/mol. The lowest BCUT2D eigenvalue weighted by atomic mass is 10.1. The first-order chi connectivity index (χ1) is 15.0. The Balaban J connectivity index is 1.49. The Morgan fingerprint density at radius 1 is 1.13 bits per heavy atom. The van der Waals surface area contributed by atoms with E-state index in [2.05, 4.69) is 45.9 Å². The van der Waals surface area contributed by atoms with E-state index in [4.69, 9.17) is 9.47 Å². The van der Waals surface area contributed by atoms with Gasteiger partial charge in [0.1, 0.15) is 12.7 Å². The monoisotopic (exact) mass is 428 g/mol. The normalized spacial score (nSPS) is 16.4. The van der Waals surface area contributed by atoms with Crippen LogP contribution in [0.3, 0.4) is 0 Å². The molecule has 3 rings (SSSR count). The minimum absolute atomic E-state index is 0.252. The van der Waals surface area contributed by atoms with E-state index >= 15 is 0 Å². The SMILES string of the molecule is COc1ccc(CN(C)CCc2ccccn2)cc1OC[C@H](O)CN1CCN(C)CC1. The van der Waals surface area contributed by atoms with Crippen LogP contribution in [-0.2, 0) is 13.0 Å². The number of likely N-dealkylation sites (N-methyl/N-ethyl adjacent to an activating group) is 2. The van der Waals surface area contributed by atoms with Gasteiger partial charge in [0.25, 0.3) is 0 Å². The maximum absolute atomic E-state index is 10.4. The summed E-state index contributed by atoms with van der Waals surface area (Å²) in [7, 11) is 5.88. The molecule has 1 saturated heterocycles. The third kappa shape index (κ3) is 7.78. The number of ether oxygens (including phenoxy) is 2. The number of aliphatic hydroxyl groups excluding tert-OH is 1. The summed E-state index contributed by atoms with van der Waals surface area (Å²) in [6.07, 6.45) is 2.22. The van der Waals surface area contributed by atoms with Gasteiger partial charge >= 0.3 is 0 Å². The van der Waals surface area contributed by atoms with Crippen LogP contribution < -0.4 is 9.47 Å². The molecule has 0 unspecified atom stereocenters. The molecule has 0 bridgehead atoms. The number of piperazine rings is 1. The van der Waals surface area contributed by atoms with Gasteiger partial charge in [-0.05, 0) is 43.9 Å². The number of aliphatic hydroxyl groups is 1. The highest BCUT2D eigenvalue weighted by molar-refractivity contribution is 5.43. The molecule has 1 atom stereocenters. The van der Waals surface area contributed by atoms with Crippen molar-refractivity contribution in [3.8, 4) is 11.5 Å². The van der Waals surface area contributed by atoms with Crippen LogP contribution in [0.2, 0.25) is 0 Å². The highest BCUT2D eigenvalue weighted by Crippen LogP contribution is 2.28. The summed E-state index contributed by atoms with van der Waals surface area (Å²) in [6, 6.07) is 12.0. The van der Waals surface area contributed by atoms with Crippen LogP contribution in [0.1, 0.15) is 11.3 Å². The van der Waals surface area contributed by atoms with Gasteiger partial charge in [-0.25, -0.2) is 0 Å². The summed E-state index contributed by atoms with van der Waals surface area (Å²) in [5, 5.41) is 10.4. The lowest BCUT2D eigenvalue weighted by molar-refractivity contribution is 0.0497. The summed E-state index contributed by atoms with van der Waals surface area (Å²) >= 11 is 0. The number of hydrogen-bond acceptors (Lipinski definition) is 7. The number of pyridine rings is 1. The van der Waals surface area contributed by atoms with Crippen LogP contribution in [0.4, 0.5) is 0 Å². The largest absolute Gasteiger partial charge is 0.493 e. The average molecular weight is 429 g/mol. The molecule has 1 aliphatic heterocycles. The van der Waals surface area contributed by atoms with E-state index in [-0.39, 0.29) is 6.61 Å². The molecular formula is C24H36N4O3. The first kappa shape index (κ1) is 23.5. The average Bonchev–Trinajstić information content (AvgIpc) is 2.79. The van der Waals surface area contributed by atoms with Crippen LogP contribution in [0.25, 0.3) is 0 Å². The second kappa shape index (κ2) is 12.0. The molecule has 0 saturated carbocycles. The lowest BCUT2D eigenvalue weighted by Gasteiger charge is -2.33. The van der Waals surface area contributed by atoms with E-state index in [1.165, 1.54) is 0 Å². The molecule has 0 aliphatic carbocycles. The number of aromatic nitrogens is 1. The van der Waals surface area contributed by atoms with Crippen molar-refractivity contribution in [1.29, 1.82) is 0 Å². The molecule has 7 nitrogen and oxygen atoms in total. The Kier molecular flexibility index (Phi) is 9.09. The molecule has 7 heteroatoms. The fourth-order valence-corrected chi connectivity index (χ4v) is 3.74. The topological polar surface area (TPSA) is 61.3 Å². The van der Waals surface area contributed by atoms with Crippen molar-refractivity contribution >= 4 is 0 Å². The highest BCUT2D eigenvalue weighted by Gasteiger charge is 2.18. The third-order valence-corrected chi connectivity index (χ3v) is 5.65. The van der Waals surface area contributed by atoms with Crippen LogP contribution >= 0.6 is 0 Å². The second-order valence-corrected chi connectivity index (χ2v) is 8.36. The molecule has 0 amide bonds. The van der Waals surface area contributed by atoms with Crippen molar-refractivity contribution in [2.45, 2.75) is 19.1 Å². The Labute approximate surface area is 186 Å². The van der Waals surface area contributed by atoms with Gasteiger partial charge in [0.15, 0.2) is 11.5 Å². The van der Waals surface area contributed by atoms with Crippen molar-refractivity contribution in [3.63, 3.8) is 0 Å². The molecule has 2 aromatic rings. The maximum Gasteiger partial charge on any atom is 0.161 e. The first-order valence-electron chi connectivity index (χ1n) is 11.0. The molecule has 170 valence electrons. The predicted molar refractivity (Wildman–Crippen MR) is 123 cm³/mol. The summed E-state index contributed by atoms with van der Waals surface area (Å²) in [5.41, 5.74) is 2.25. The van der Waals surface area contributed by atoms with Crippen molar-refractivity contribution in [3.05, 3.63) is 53.9 Å². The summed E-state index contributed by atoms with van der Waals surface area (Å²) in [4.78, 5) is 11.3. The highest BCUT2D eigenvalue weighted by atomic mass is 16.5. The van der Waals surface area contributed by atoms with Gasteiger partial charge in [-0.1, -0.05) is 12.1 Å². The number of benzene rings is 1. The van der Waals surface area contributed by atoms with Gasteiger partial charge in [-0.2, -0.15) is 0 Å². The van der Waals surface area contributed by atoms with Crippen molar-refractivity contribution in [2.75, 3.05) is 67.1 Å². The Morgan fingerprint density at radius 2 is 1.94 bits per heavy atom. The molecule has 1 aromatic carbocycles. The van der Waals surface area contributed by atoms with Gasteiger partial charge in [0.2, 0.25) is 0 Å². The van der Waals surface area contributed by atoms with Crippen LogP contribution in [0, 0.1) is 0 Å². The molecule has 1 fully saturated rings. The van der Waals surface area contributed by atoms with Crippen LogP contribution in [0.15, 0.2) is 42.6 Å². The standard InChI is InChI=1S/C24H36N4O3/c1-26-12-14-28(15-13-26)18-22(29)19-31-24-16-20(7-8-23(24)30-3)17-27(2)11-9-21-6-4-5-10-25-21/h4-8,10,16,22,29H,9,11-15,17-19H2,1-3H3/t22-/m1/s1.